The van der Waals surface area contributed by atoms with Crippen LogP contribution in [0.15, 0.2) is 30.5 Å². The highest BCUT2D eigenvalue weighted by molar-refractivity contribution is 6.29. The molecule has 0 bridgehead atoms. The van der Waals surface area contributed by atoms with Gasteiger partial charge in [0.05, 0.1) is 5.56 Å². The molecule has 7 heteroatoms. The van der Waals surface area contributed by atoms with E-state index in [2.05, 4.69) is 20.5 Å². The maximum Gasteiger partial charge on any atom is 0.258 e. The predicted octanol–water partition coefficient (Wildman–Crippen LogP) is 1.92. The summed E-state index contributed by atoms with van der Waals surface area (Å²) in [7, 11) is 0. The van der Waals surface area contributed by atoms with Gasteiger partial charge in [-0.1, -0.05) is 11.6 Å². The first-order valence-corrected chi connectivity index (χ1v) is 4.95. The number of hydrogen-bond acceptors (Lipinski definition) is 4. The van der Waals surface area contributed by atoms with Crippen molar-refractivity contribution in [2.45, 2.75) is 0 Å². The first-order chi connectivity index (χ1) is 8.15. The van der Waals surface area contributed by atoms with Gasteiger partial charge in [0.2, 0.25) is 5.95 Å². The molecule has 2 aromatic heterocycles. The molecule has 0 saturated heterocycles. The molecule has 0 aliphatic rings. The third-order valence-electron chi connectivity index (χ3n) is 1.86. The average Bonchev–Trinajstić information content (AvgIpc) is 2.33. The standard InChI is InChI=1S/C10H6ClFN4O/c11-7-2-4-9(16-15-7)14-10(17)6-1-3-8(12)13-5-6/h1-5H,(H,14,16,17). The fourth-order valence-electron chi connectivity index (χ4n) is 1.08. The Bertz CT molecular complexity index is 529. The minimum atomic E-state index is -0.646. The Hall–Kier alpha value is -2.08. The molecular formula is C10H6ClFN4O. The van der Waals surface area contributed by atoms with Crippen molar-refractivity contribution in [3.63, 3.8) is 0 Å². The van der Waals surface area contributed by atoms with Crippen molar-refractivity contribution in [1.82, 2.24) is 15.2 Å². The second-order valence-electron chi connectivity index (χ2n) is 3.07. The molecule has 0 atom stereocenters. The van der Waals surface area contributed by atoms with Gasteiger partial charge in [-0.3, -0.25) is 4.79 Å². The third-order valence-corrected chi connectivity index (χ3v) is 2.06. The number of anilines is 1. The van der Waals surface area contributed by atoms with Crippen LogP contribution in [-0.4, -0.2) is 21.1 Å². The van der Waals surface area contributed by atoms with Crippen molar-refractivity contribution >= 4 is 23.3 Å². The zero-order chi connectivity index (χ0) is 12.3. The number of rotatable bonds is 2. The summed E-state index contributed by atoms with van der Waals surface area (Å²) in [6.45, 7) is 0. The van der Waals surface area contributed by atoms with Gasteiger partial charge in [0.15, 0.2) is 11.0 Å². The lowest BCUT2D eigenvalue weighted by Gasteiger charge is -2.02. The van der Waals surface area contributed by atoms with E-state index in [1.807, 2.05) is 0 Å². The van der Waals surface area contributed by atoms with Crippen molar-refractivity contribution in [3.05, 3.63) is 47.1 Å². The van der Waals surface area contributed by atoms with Crippen molar-refractivity contribution in [2.75, 3.05) is 5.32 Å². The molecule has 86 valence electrons. The Balaban J connectivity index is 2.11. The van der Waals surface area contributed by atoms with E-state index >= 15 is 0 Å². The fourth-order valence-corrected chi connectivity index (χ4v) is 1.18. The fraction of sp³-hybridized carbons (Fsp3) is 0. The van der Waals surface area contributed by atoms with E-state index in [1.54, 1.807) is 0 Å². The molecule has 0 saturated carbocycles. The van der Waals surface area contributed by atoms with Crippen molar-refractivity contribution in [1.29, 1.82) is 0 Å². The van der Waals surface area contributed by atoms with E-state index in [4.69, 9.17) is 11.6 Å². The van der Waals surface area contributed by atoms with Gasteiger partial charge in [-0.05, 0) is 24.3 Å². The first-order valence-electron chi connectivity index (χ1n) is 4.57. The minimum Gasteiger partial charge on any atom is -0.305 e. The van der Waals surface area contributed by atoms with Crippen LogP contribution in [-0.2, 0) is 0 Å². The molecule has 0 fully saturated rings. The number of halogens is 2. The second-order valence-corrected chi connectivity index (χ2v) is 3.45. The van der Waals surface area contributed by atoms with E-state index in [1.165, 1.54) is 18.2 Å². The van der Waals surface area contributed by atoms with Gasteiger partial charge in [-0.2, -0.15) is 4.39 Å². The van der Waals surface area contributed by atoms with Gasteiger partial charge in [0.1, 0.15) is 0 Å². The summed E-state index contributed by atoms with van der Waals surface area (Å²) in [6.07, 6.45) is 1.13. The van der Waals surface area contributed by atoms with Gasteiger partial charge in [0.25, 0.3) is 5.91 Å². The van der Waals surface area contributed by atoms with E-state index < -0.39 is 11.9 Å². The number of carbonyl (C=O) groups is 1. The van der Waals surface area contributed by atoms with Crippen LogP contribution in [0, 0.1) is 5.95 Å². The number of carbonyl (C=O) groups excluding carboxylic acids is 1. The molecule has 0 aliphatic carbocycles. The summed E-state index contributed by atoms with van der Waals surface area (Å²) in [6, 6.07) is 5.42. The number of hydrogen-bond donors (Lipinski definition) is 1. The largest absolute Gasteiger partial charge is 0.305 e. The molecule has 5 nitrogen and oxygen atoms in total. The van der Waals surface area contributed by atoms with Crippen LogP contribution in [0.5, 0.6) is 0 Å². The summed E-state index contributed by atoms with van der Waals surface area (Å²) in [4.78, 5) is 15.0. The topological polar surface area (TPSA) is 67.8 Å². The second kappa shape index (κ2) is 4.84. The highest BCUT2D eigenvalue weighted by Gasteiger charge is 2.07. The van der Waals surface area contributed by atoms with Crippen LogP contribution < -0.4 is 5.32 Å². The number of aromatic nitrogens is 3. The molecule has 0 aromatic carbocycles. The van der Waals surface area contributed by atoms with Crippen LogP contribution in [0.3, 0.4) is 0 Å². The highest BCUT2D eigenvalue weighted by atomic mass is 35.5. The van der Waals surface area contributed by atoms with Crippen LogP contribution in [0.25, 0.3) is 0 Å². The molecule has 0 spiro atoms. The van der Waals surface area contributed by atoms with Gasteiger partial charge >= 0.3 is 0 Å². The number of pyridine rings is 1. The normalized spacial score (nSPS) is 10.0. The zero-order valence-electron chi connectivity index (χ0n) is 8.39. The van der Waals surface area contributed by atoms with E-state index in [9.17, 15) is 9.18 Å². The zero-order valence-corrected chi connectivity index (χ0v) is 9.15. The Labute approximate surface area is 101 Å². The van der Waals surface area contributed by atoms with E-state index in [0.29, 0.717) is 0 Å². The molecule has 0 aliphatic heterocycles. The molecule has 1 amide bonds. The summed E-state index contributed by atoms with van der Waals surface area (Å²) in [5.74, 6) is -0.842. The minimum absolute atomic E-state index is 0.225. The smallest absolute Gasteiger partial charge is 0.258 e. The van der Waals surface area contributed by atoms with Gasteiger partial charge in [-0.15, -0.1) is 10.2 Å². The van der Waals surface area contributed by atoms with Crippen molar-refractivity contribution < 1.29 is 9.18 Å². The van der Waals surface area contributed by atoms with Crippen molar-refractivity contribution in [3.8, 4) is 0 Å². The van der Waals surface area contributed by atoms with Crippen LogP contribution >= 0.6 is 11.6 Å². The quantitative estimate of drug-likeness (QED) is 0.829. The lowest BCUT2D eigenvalue weighted by molar-refractivity contribution is 0.102. The van der Waals surface area contributed by atoms with Gasteiger partial charge in [-0.25, -0.2) is 4.98 Å². The van der Waals surface area contributed by atoms with Crippen LogP contribution in [0.4, 0.5) is 10.2 Å². The molecule has 0 radical (unpaired) electrons. The maximum atomic E-state index is 12.5. The lowest BCUT2D eigenvalue weighted by Crippen LogP contribution is -2.13. The Morgan fingerprint density at radius 1 is 1.24 bits per heavy atom. The number of amides is 1. The molecular weight excluding hydrogens is 247 g/mol. The summed E-state index contributed by atoms with van der Waals surface area (Å²) < 4.78 is 12.5. The third kappa shape index (κ3) is 2.94. The van der Waals surface area contributed by atoms with E-state index in [-0.39, 0.29) is 16.5 Å². The molecule has 2 aromatic rings. The summed E-state index contributed by atoms with van der Waals surface area (Å²) in [5.41, 5.74) is 0.225. The van der Waals surface area contributed by atoms with Crippen LogP contribution in [0.2, 0.25) is 5.15 Å². The average molecular weight is 253 g/mol. The van der Waals surface area contributed by atoms with Gasteiger partial charge < -0.3 is 5.32 Å². The predicted molar refractivity (Wildman–Crippen MR) is 59.2 cm³/mol. The lowest BCUT2D eigenvalue weighted by atomic mass is 10.2. The molecule has 0 unspecified atom stereocenters. The SMILES string of the molecule is O=C(Nc1ccc(Cl)nn1)c1ccc(F)nc1. The van der Waals surface area contributed by atoms with Crippen LogP contribution in [0.1, 0.15) is 10.4 Å². The molecule has 2 rings (SSSR count). The summed E-state index contributed by atoms with van der Waals surface area (Å²) >= 11 is 5.54. The molecule has 1 N–H and O–H groups in total. The Morgan fingerprint density at radius 3 is 2.65 bits per heavy atom. The first kappa shape index (κ1) is 11.4. The maximum absolute atomic E-state index is 12.5. The monoisotopic (exact) mass is 252 g/mol. The number of nitrogens with zero attached hydrogens (tertiary/aromatic N) is 3. The van der Waals surface area contributed by atoms with Gasteiger partial charge in [0, 0.05) is 6.20 Å². The number of nitrogens with one attached hydrogen (secondary N) is 1. The van der Waals surface area contributed by atoms with E-state index in [0.717, 1.165) is 12.3 Å². The summed E-state index contributed by atoms with van der Waals surface area (Å²) in [5, 5.41) is 9.92. The molecule has 2 heterocycles. The Kier molecular flexibility index (Phi) is 3.24. The highest BCUT2D eigenvalue weighted by Crippen LogP contribution is 2.08. The molecule has 17 heavy (non-hydrogen) atoms. The Morgan fingerprint density at radius 2 is 2.06 bits per heavy atom. The van der Waals surface area contributed by atoms with Crippen molar-refractivity contribution in [2.24, 2.45) is 0 Å².